The van der Waals surface area contributed by atoms with E-state index in [-0.39, 0.29) is 5.69 Å². The fourth-order valence-corrected chi connectivity index (χ4v) is 7.01. The van der Waals surface area contributed by atoms with Crippen LogP contribution >= 0.6 is 0 Å². The number of unbranched alkanes of at least 4 members (excludes halogenated alkanes) is 2. The number of aryl methyl sites for hydroxylation is 2. The van der Waals surface area contributed by atoms with Crippen molar-refractivity contribution in [1.29, 1.82) is 0 Å². The molecule has 8 nitrogen and oxygen atoms in total. The van der Waals surface area contributed by atoms with Gasteiger partial charge < -0.3 is 0 Å². The van der Waals surface area contributed by atoms with Gasteiger partial charge in [0.15, 0.2) is 5.82 Å². The van der Waals surface area contributed by atoms with Crippen LogP contribution in [0.4, 0.5) is 0 Å². The molecule has 0 spiro atoms. The lowest BCUT2D eigenvalue weighted by Gasteiger charge is -2.36. The lowest BCUT2D eigenvalue weighted by atomic mass is 9.77. The quantitative estimate of drug-likeness (QED) is 0.108. The molecule has 0 unspecified atom stereocenters. The third-order valence-electron chi connectivity index (χ3n) is 9.61. The molecule has 2 heterocycles. The van der Waals surface area contributed by atoms with E-state index in [1.165, 1.54) is 0 Å². The van der Waals surface area contributed by atoms with Crippen molar-refractivity contribution in [3.63, 3.8) is 0 Å². The van der Waals surface area contributed by atoms with Crippen LogP contribution in [0.5, 0.6) is 0 Å². The average Bonchev–Trinajstić information content (AvgIpc) is 3.79. The van der Waals surface area contributed by atoms with Crippen molar-refractivity contribution in [1.82, 2.24) is 34.6 Å². The molecule has 0 bridgehead atoms. The molecule has 0 aliphatic heterocycles. The molecule has 0 radical (unpaired) electrons. The topological polar surface area (TPSA) is 83.4 Å². The summed E-state index contributed by atoms with van der Waals surface area (Å²) in [5.74, 6) is 1.51. The van der Waals surface area contributed by atoms with Crippen molar-refractivity contribution >= 4 is 0 Å². The van der Waals surface area contributed by atoms with Crippen LogP contribution in [0.25, 0.3) is 22.5 Å². The predicted molar refractivity (Wildman–Crippen MR) is 202 cm³/mol. The lowest BCUT2D eigenvalue weighted by Crippen LogP contribution is -2.39. The number of benzene rings is 5. The molecule has 0 amide bonds. The van der Waals surface area contributed by atoms with E-state index in [0.29, 0.717) is 18.9 Å². The summed E-state index contributed by atoms with van der Waals surface area (Å²) in [6.07, 6.45) is 4.80. The molecule has 0 aliphatic carbocycles. The van der Waals surface area contributed by atoms with E-state index in [0.717, 1.165) is 76.9 Å². The fraction of sp³-hybridized carbons (Fsp3) is 0.233. The summed E-state index contributed by atoms with van der Waals surface area (Å²) in [4.78, 5) is 13.4. The monoisotopic (exact) mass is 673 g/mol. The molecule has 8 heteroatoms. The van der Waals surface area contributed by atoms with Gasteiger partial charge in [-0.2, -0.15) is 5.10 Å². The maximum Gasteiger partial charge on any atom is 0.346 e. The van der Waals surface area contributed by atoms with Crippen LogP contribution in [-0.2, 0) is 25.0 Å². The zero-order chi connectivity index (χ0) is 35.0. The Morgan fingerprint density at radius 3 is 1.75 bits per heavy atom. The van der Waals surface area contributed by atoms with Gasteiger partial charge in [0.1, 0.15) is 11.4 Å². The lowest BCUT2D eigenvalue weighted by molar-refractivity contribution is 0.451. The molecule has 2 aromatic heterocycles. The zero-order valence-corrected chi connectivity index (χ0v) is 29.3. The second-order valence-electron chi connectivity index (χ2n) is 12.9. The average molecular weight is 674 g/mol. The second-order valence-corrected chi connectivity index (χ2v) is 12.9. The number of hydrogen-bond acceptors (Lipinski definition) is 5. The van der Waals surface area contributed by atoms with Gasteiger partial charge in [0.05, 0.1) is 6.54 Å². The Hall–Kier alpha value is -5.89. The van der Waals surface area contributed by atoms with Gasteiger partial charge in [-0.1, -0.05) is 166 Å². The van der Waals surface area contributed by atoms with E-state index in [1.807, 2.05) is 39.6 Å². The molecular weight excluding hydrogens is 631 g/mol. The zero-order valence-electron chi connectivity index (χ0n) is 29.3. The van der Waals surface area contributed by atoms with E-state index < -0.39 is 5.54 Å². The molecular formula is C43H43N7O. The molecule has 7 rings (SSSR count). The smallest absolute Gasteiger partial charge is 0.274 e. The van der Waals surface area contributed by atoms with E-state index in [2.05, 4.69) is 128 Å². The number of nitrogens with zero attached hydrogens (tertiary/aromatic N) is 7. The highest BCUT2D eigenvalue weighted by molar-refractivity contribution is 5.81. The van der Waals surface area contributed by atoms with Gasteiger partial charge in [-0.05, 0) is 56.6 Å². The van der Waals surface area contributed by atoms with Gasteiger partial charge in [-0.15, -0.1) is 5.10 Å². The van der Waals surface area contributed by atoms with Gasteiger partial charge in [0, 0.05) is 18.5 Å². The maximum absolute atomic E-state index is 13.4. The molecule has 0 saturated carbocycles. The summed E-state index contributed by atoms with van der Waals surface area (Å²) in [7, 11) is 0. The fourth-order valence-electron chi connectivity index (χ4n) is 7.01. The third-order valence-corrected chi connectivity index (χ3v) is 9.61. The number of rotatable bonds is 14. The molecule has 0 fully saturated rings. The normalized spacial score (nSPS) is 11.6. The highest BCUT2D eigenvalue weighted by Crippen LogP contribution is 2.43. The first-order valence-corrected chi connectivity index (χ1v) is 18.0. The number of tetrazole rings is 1. The van der Waals surface area contributed by atoms with Crippen LogP contribution in [0.15, 0.2) is 144 Å². The second kappa shape index (κ2) is 15.3. The van der Waals surface area contributed by atoms with Crippen LogP contribution in [0.1, 0.15) is 67.6 Å². The summed E-state index contributed by atoms with van der Waals surface area (Å²) in [5.41, 5.74) is 6.25. The van der Waals surface area contributed by atoms with Crippen LogP contribution in [0, 0.1) is 0 Å². The molecule has 7 aromatic rings. The first-order valence-electron chi connectivity index (χ1n) is 18.0. The van der Waals surface area contributed by atoms with Gasteiger partial charge in [0.2, 0.25) is 0 Å². The summed E-state index contributed by atoms with van der Waals surface area (Å²) >= 11 is 0. The Morgan fingerprint density at radius 1 is 0.627 bits per heavy atom. The highest BCUT2D eigenvalue weighted by Gasteiger charge is 2.42. The SMILES string of the molecule is CCCCc1nn(CCCC)c(=O)n1Cc1ccc(-c2ccccc2-c2nnnn2C(c2ccccc2)(c2ccccc2)c2ccccc2)cc1. The number of hydrogen-bond donors (Lipinski definition) is 0. The van der Waals surface area contributed by atoms with Crippen LogP contribution < -0.4 is 5.69 Å². The largest absolute Gasteiger partial charge is 0.346 e. The minimum absolute atomic E-state index is 0.0328. The first kappa shape index (κ1) is 33.6. The van der Waals surface area contributed by atoms with Gasteiger partial charge in [-0.25, -0.2) is 14.2 Å². The molecule has 51 heavy (non-hydrogen) atoms. The van der Waals surface area contributed by atoms with Crippen LogP contribution in [0.2, 0.25) is 0 Å². The Morgan fingerprint density at radius 2 is 1.18 bits per heavy atom. The van der Waals surface area contributed by atoms with Crippen LogP contribution in [-0.4, -0.2) is 34.6 Å². The van der Waals surface area contributed by atoms with E-state index in [9.17, 15) is 4.79 Å². The highest BCUT2D eigenvalue weighted by atomic mass is 16.2. The van der Waals surface area contributed by atoms with Crippen LogP contribution in [0.3, 0.4) is 0 Å². The molecule has 0 aliphatic rings. The summed E-state index contributed by atoms with van der Waals surface area (Å²) < 4.78 is 5.46. The summed E-state index contributed by atoms with van der Waals surface area (Å²) in [5, 5.41) is 18.5. The van der Waals surface area contributed by atoms with Crippen molar-refractivity contribution in [3.05, 3.63) is 178 Å². The molecule has 0 atom stereocenters. The molecule has 0 N–H and O–H groups in total. The van der Waals surface area contributed by atoms with E-state index >= 15 is 0 Å². The summed E-state index contributed by atoms with van der Waals surface area (Å²) in [6.45, 7) is 5.43. The van der Waals surface area contributed by atoms with Gasteiger partial charge in [0.25, 0.3) is 0 Å². The first-order chi connectivity index (χ1) is 25.1. The van der Waals surface area contributed by atoms with Crippen molar-refractivity contribution in [2.24, 2.45) is 0 Å². The minimum Gasteiger partial charge on any atom is -0.274 e. The van der Waals surface area contributed by atoms with Crippen molar-refractivity contribution in [2.75, 3.05) is 0 Å². The third kappa shape index (κ3) is 6.57. The maximum atomic E-state index is 13.4. The van der Waals surface area contributed by atoms with Gasteiger partial charge >= 0.3 is 5.69 Å². The molecule has 256 valence electrons. The summed E-state index contributed by atoms with van der Waals surface area (Å²) in [6, 6.07) is 48.1. The minimum atomic E-state index is -0.857. The molecule has 0 saturated heterocycles. The van der Waals surface area contributed by atoms with Crippen molar-refractivity contribution in [2.45, 2.75) is 64.6 Å². The Balaban J connectivity index is 1.31. The Kier molecular flexibility index (Phi) is 10.1. The van der Waals surface area contributed by atoms with Gasteiger partial charge in [-0.3, -0.25) is 4.57 Å². The Bertz CT molecular complexity index is 2120. The number of aromatic nitrogens is 7. The van der Waals surface area contributed by atoms with Crippen molar-refractivity contribution in [3.8, 4) is 22.5 Å². The van der Waals surface area contributed by atoms with E-state index in [1.54, 1.807) is 4.68 Å². The molecule has 5 aromatic carbocycles. The predicted octanol–water partition coefficient (Wildman–Crippen LogP) is 8.40. The van der Waals surface area contributed by atoms with Crippen molar-refractivity contribution < 1.29 is 0 Å². The van der Waals surface area contributed by atoms with E-state index in [4.69, 9.17) is 15.4 Å². The standard InChI is InChI=1S/C43H43N7O/c1-3-5-26-40-45-49(31-6-4-2)42(51)48(40)32-33-27-29-34(30-28-33)38-24-16-17-25-39(38)41-44-46-47-50(41)43(35-18-10-7-11-19-35,36-20-12-8-13-21-36)37-22-14-9-15-23-37/h7-25,27-30H,3-6,26,31-32H2,1-2H3. The Labute approximate surface area is 299 Å².